The summed E-state index contributed by atoms with van der Waals surface area (Å²) in [5.74, 6) is 2.52. The molecule has 1 atom stereocenters. The molecule has 1 aliphatic carbocycles. The monoisotopic (exact) mass is 432 g/mol. The first-order valence-corrected chi connectivity index (χ1v) is 11.0. The number of anilines is 1. The topological polar surface area (TPSA) is 72.9 Å². The Balaban J connectivity index is 1.35. The van der Waals surface area contributed by atoms with Gasteiger partial charge in [0.2, 0.25) is 5.95 Å². The number of nitrogens with zero attached hydrogens (tertiary/aromatic N) is 6. The first-order valence-electron chi connectivity index (χ1n) is 10.6. The average molecular weight is 433 g/mol. The van der Waals surface area contributed by atoms with Crippen LogP contribution < -0.4 is 4.90 Å². The van der Waals surface area contributed by atoms with Gasteiger partial charge in [-0.25, -0.2) is 0 Å². The fraction of sp³-hybridized carbons (Fsp3) is 0.304. The molecular weight excluding hydrogens is 412 g/mol. The molecule has 0 radical (unpaired) electrons. The van der Waals surface area contributed by atoms with Gasteiger partial charge in [0.25, 0.3) is 0 Å². The van der Waals surface area contributed by atoms with Gasteiger partial charge in [0.15, 0.2) is 11.6 Å². The maximum atomic E-state index is 6.14. The van der Waals surface area contributed by atoms with Crippen molar-refractivity contribution >= 4 is 17.5 Å². The van der Waals surface area contributed by atoms with E-state index in [1.54, 1.807) is 6.20 Å². The molecule has 3 aromatic heterocycles. The first kappa shape index (κ1) is 18.6. The summed E-state index contributed by atoms with van der Waals surface area (Å²) in [6, 6.07) is 14.2. The third-order valence-electron chi connectivity index (χ3n) is 6.00. The highest BCUT2D eigenvalue weighted by Crippen LogP contribution is 2.44. The van der Waals surface area contributed by atoms with Crippen LogP contribution in [0.25, 0.3) is 22.7 Å². The van der Waals surface area contributed by atoms with Crippen LogP contribution in [0.4, 0.5) is 5.95 Å². The van der Waals surface area contributed by atoms with Crippen LogP contribution in [0.5, 0.6) is 0 Å². The van der Waals surface area contributed by atoms with Crippen LogP contribution in [0, 0.1) is 0 Å². The van der Waals surface area contributed by atoms with Gasteiger partial charge in [-0.15, -0.1) is 10.2 Å². The molecule has 4 aromatic rings. The lowest BCUT2D eigenvalue weighted by Gasteiger charge is -2.24. The van der Waals surface area contributed by atoms with Gasteiger partial charge in [-0.1, -0.05) is 28.9 Å². The zero-order valence-corrected chi connectivity index (χ0v) is 17.6. The lowest BCUT2D eigenvalue weighted by atomic mass is 10.1. The molecule has 1 aromatic carbocycles. The van der Waals surface area contributed by atoms with E-state index in [0.29, 0.717) is 11.1 Å². The molecule has 4 heterocycles. The molecule has 1 saturated carbocycles. The minimum Gasteiger partial charge on any atom is -0.356 e. The molecule has 7 nitrogen and oxygen atoms in total. The van der Waals surface area contributed by atoms with Crippen molar-refractivity contribution in [1.29, 1.82) is 0 Å². The molecule has 1 unspecified atom stereocenters. The molecular formula is C23H21ClN6O. The second kappa shape index (κ2) is 7.50. The number of pyridine rings is 1. The predicted molar refractivity (Wildman–Crippen MR) is 118 cm³/mol. The van der Waals surface area contributed by atoms with Crippen molar-refractivity contribution in [1.82, 2.24) is 24.9 Å². The molecule has 1 aliphatic heterocycles. The maximum absolute atomic E-state index is 6.14. The van der Waals surface area contributed by atoms with Gasteiger partial charge in [-0.3, -0.25) is 9.55 Å². The van der Waals surface area contributed by atoms with Crippen molar-refractivity contribution in [3.63, 3.8) is 0 Å². The zero-order chi connectivity index (χ0) is 20.8. The molecule has 2 fully saturated rings. The molecule has 0 amide bonds. The molecule has 2 aliphatic rings. The Bertz CT molecular complexity index is 1220. The minimum atomic E-state index is 0.111. The van der Waals surface area contributed by atoms with Crippen molar-refractivity contribution in [2.75, 3.05) is 11.4 Å². The molecule has 156 valence electrons. The quantitative estimate of drug-likeness (QED) is 0.424. The maximum Gasteiger partial charge on any atom is 0.228 e. The summed E-state index contributed by atoms with van der Waals surface area (Å²) in [7, 11) is 0. The van der Waals surface area contributed by atoms with Gasteiger partial charge in [0.05, 0.1) is 6.04 Å². The van der Waals surface area contributed by atoms with Crippen LogP contribution in [0.2, 0.25) is 5.02 Å². The van der Waals surface area contributed by atoms with Crippen molar-refractivity contribution in [2.45, 2.75) is 37.8 Å². The van der Waals surface area contributed by atoms with Gasteiger partial charge in [0, 0.05) is 47.2 Å². The number of halogens is 1. The van der Waals surface area contributed by atoms with E-state index in [4.69, 9.17) is 16.1 Å². The largest absolute Gasteiger partial charge is 0.356 e. The SMILES string of the molecule is Clc1cccc(-c2cc(C3CCCN3c3nnc(-c4cccnc4)n3C3CC3)no2)c1. The van der Waals surface area contributed by atoms with E-state index in [-0.39, 0.29) is 6.04 Å². The van der Waals surface area contributed by atoms with Crippen molar-refractivity contribution in [2.24, 2.45) is 0 Å². The first-order chi connectivity index (χ1) is 15.3. The van der Waals surface area contributed by atoms with E-state index in [1.165, 1.54) is 0 Å². The summed E-state index contributed by atoms with van der Waals surface area (Å²) in [6.07, 6.45) is 8.01. The van der Waals surface area contributed by atoms with E-state index < -0.39 is 0 Å². The number of aromatic nitrogens is 5. The Morgan fingerprint density at radius 3 is 2.71 bits per heavy atom. The fourth-order valence-electron chi connectivity index (χ4n) is 4.38. The summed E-state index contributed by atoms with van der Waals surface area (Å²) in [5.41, 5.74) is 2.84. The Hall–Kier alpha value is -3.19. The van der Waals surface area contributed by atoms with Crippen LogP contribution in [0.3, 0.4) is 0 Å². The third-order valence-corrected chi connectivity index (χ3v) is 6.23. The molecule has 1 saturated heterocycles. The third kappa shape index (κ3) is 3.39. The summed E-state index contributed by atoms with van der Waals surface area (Å²) in [5, 5.41) is 14.3. The second-order valence-electron chi connectivity index (χ2n) is 8.14. The van der Waals surface area contributed by atoms with Crippen LogP contribution in [-0.2, 0) is 0 Å². The van der Waals surface area contributed by atoms with Crippen LogP contribution >= 0.6 is 11.6 Å². The number of hydrogen-bond donors (Lipinski definition) is 0. The van der Waals surface area contributed by atoms with Crippen molar-refractivity contribution in [3.05, 3.63) is 65.6 Å². The highest BCUT2D eigenvalue weighted by molar-refractivity contribution is 6.30. The zero-order valence-electron chi connectivity index (χ0n) is 16.9. The van der Waals surface area contributed by atoms with Crippen LogP contribution in [0.15, 0.2) is 59.4 Å². The van der Waals surface area contributed by atoms with E-state index in [2.05, 4.69) is 29.8 Å². The van der Waals surface area contributed by atoms with E-state index in [1.807, 2.05) is 48.7 Å². The normalized spacial score (nSPS) is 18.6. The molecule has 0 spiro atoms. The van der Waals surface area contributed by atoms with Gasteiger partial charge in [-0.05, 0) is 49.9 Å². The van der Waals surface area contributed by atoms with Gasteiger partial charge in [0.1, 0.15) is 5.69 Å². The van der Waals surface area contributed by atoms with Crippen LogP contribution in [0.1, 0.15) is 43.5 Å². The molecule has 6 rings (SSSR count). The lowest BCUT2D eigenvalue weighted by Crippen LogP contribution is -2.26. The summed E-state index contributed by atoms with van der Waals surface area (Å²) in [4.78, 5) is 6.59. The van der Waals surface area contributed by atoms with Crippen LogP contribution in [-0.4, -0.2) is 31.4 Å². The molecule has 0 bridgehead atoms. The Kier molecular flexibility index (Phi) is 4.49. The number of benzene rings is 1. The average Bonchev–Trinajstić information content (AvgIpc) is 3.20. The van der Waals surface area contributed by atoms with Crippen molar-refractivity contribution < 1.29 is 4.52 Å². The Morgan fingerprint density at radius 1 is 1.00 bits per heavy atom. The fourth-order valence-corrected chi connectivity index (χ4v) is 4.57. The number of hydrogen-bond acceptors (Lipinski definition) is 6. The van der Waals surface area contributed by atoms with Gasteiger partial charge >= 0.3 is 0 Å². The second-order valence-corrected chi connectivity index (χ2v) is 8.58. The van der Waals surface area contributed by atoms with E-state index in [9.17, 15) is 0 Å². The van der Waals surface area contributed by atoms with Gasteiger partial charge < -0.3 is 9.42 Å². The molecule has 0 N–H and O–H groups in total. The summed E-state index contributed by atoms with van der Waals surface area (Å²) in [6.45, 7) is 0.919. The van der Waals surface area contributed by atoms with E-state index >= 15 is 0 Å². The smallest absolute Gasteiger partial charge is 0.228 e. The standard InChI is InChI=1S/C23H21ClN6O/c24-17-6-1-4-15(12-17)21-13-19(28-31-21)20-7-3-11-29(20)23-27-26-22(30(23)18-8-9-18)16-5-2-10-25-14-16/h1-2,4-6,10,12-14,18,20H,3,7-9,11H2. The highest BCUT2D eigenvalue weighted by atomic mass is 35.5. The predicted octanol–water partition coefficient (Wildman–Crippen LogP) is 5.32. The summed E-state index contributed by atoms with van der Waals surface area (Å²) < 4.78 is 7.97. The van der Waals surface area contributed by atoms with Gasteiger partial charge in [-0.2, -0.15) is 0 Å². The highest BCUT2D eigenvalue weighted by Gasteiger charge is 2.37. The lowest BCUT2D eigenvalue weighted by molar-refractivity contribution is 0.415. The Labute approximate surface area is 184 Å². The van der Waals surface area contributed by atoms with Crippen molar-refractivity contribution in [3.8, 4) is 22.7 Å². The van der Waals surface area contributed by atoms with E-state index in [0.717, 1.165) is 66.6 Å². The number of rotatable bonds is 5. The Morgan fingerprint density at radius 2 is 1.90 bits per heavy atom. The summed E-state index contributed by atoms with van der Waals surface area (Å²) >= 11 is 6.14. The molecule has 31 heavy (non-hydrogen) atoms. The minimum absolute atomic E-state index is 0.111. The molecule has 8 heteroatoms.